The van der Waals surface area contributed by atoms with Crippen molar-refractivity contribution in [1.82, 2.24) is 15.0 Å². The monoisotopic (exact) mass is 218 g/mol. The fraction of sp³-hybridized carbons (Fsp3) is 0.273. The van der Waals surface area contributed by atoms with Gasteiger partial charge < -0.3 is 5.73 Å². The molecule has 0 spiro atoms. The van der Waals surface area contributed by atoms with Gasteiger partial charge in [0.15, 0.2) is 5.82 Å². The van der Waals surface area contributed by atoms with Gasteiger partial charge in [0, 0.05) is 5.92 Å². The quantitative estimate of drug-likeness (QED) is 0.837. The van der Waals surface area contributed by atoms with Crippen molar-refractivity contribution in [3.8, 4) is 5.69 Å². The first-order chi connectivity index (χ1) is 7.75. The lowest BCUT2D eigenvalue weighted by molar-refractivity contribution is 0.627. The lowest BCUT2D eigenvalue weighted by atomic mass is 10.3. The van der Waals surface area contributed by atoms with Gasteiger partial charge in [0.25, 0.3) is 0 Å². The number of nitrogen functional groups attached to an aromatic ring is 1. The SMILES string of the molecule is Nc1c(C2CC2)nnn1-c1ccc(F)cc1. The fourth-order valence-electron chi connectivity index (χ4n) is 1.72. The van der Waals surface area contributed by atoms with Crippen LogP contribution in [0.3, 0.4) is 0 Å². The number of benzene rings is 1. The molecular weight excluding hydrogens is 207 g/mol. The molecule has 2 aromatic rings. The Kier molecular flexibility index (Phi) is 1.92. The third-order valence-electron chi connectivity index (χ3n) is 2.77. The Labute approximate surface area is 91.9 Å². The van der Waals surface area contributed by atoms with E-state index in [-0.39, 0.29) is 5.82 Å². The van der Waals surface area contributed by atoms with Crippen LogP contribution in [-0.2, 0) is 0 Å². The summed E-state index contributed by atoms with van der Waals surface area (Å²) >= 11 is 0. The summed E-state index contributed by atoms with van der Waals surface area (Å²) in [6.45, 7) is 0. The summed E-state index contributed by atoms with van der Waals surface area (Å²) in [6.07, 6.45) is 2.26. The van der Waals surface area contributed by atoms with Gasteiger partial charge in [-0.3, -0.25) is 0 Å². The second-order valence-electron chi connectivity index (χ2n) is 4.02. The number of nitrogens with zero attached hydrogens (tertiary/aromatic N) is 3. The van der Waals surface area contributed by atoms with Crippen LogP contribution in [0.15, 0.2) is 24.3 Å². The average Bonchev–Trinajstić information content (AvgIpc) is 3.05. The Morgan fingerprint density at radius 2 is 1.94 bits per heavy atom. The molecule has 0 amide bonds. The van der Waals surface area contributed by atoms with Crippen LogP contribution in [0.25, 0.3) is 5.69 Å². The Morgan fingerprint density at radius 1 is 1.25 bits per heavy atom. The molecule has 0 radical (unpaired) electrons. The van der Waals surface area contributed by atoms with Gasteiger partial charge in [0.2, 0.25) is 0 Å². The maximum atomic E-state index is 12.8. The van der Waals surface area contributed by atoms with Crippen LogP contribution in [0.1, 0.15) is 24.5 Å². The molecule has 1 aromatic carbocycles. The fourth-order valence-corrected chi connectivity index (χ4v) is 1.72. The third-order valence-corrected chi connectivity index (χ3v) is 2.77. The minimum atomic E-state index is -0.273. The lowest BCUT2D eigenvalue weighted by Crippen LogP contribution is -2.02. The van der Waals surface area contributed by atoms with E-state index in [9.17, 15) is 4.39 Å². The van der Waals surface area contributed by atoms with Crippen molar-refractivity contribution in [3.63, 3.8) is 0 Å². The molecule has 1 aliphatic rings. The number of nitrogens with two attached hydrogens (primary N) is 1. The average molecular weight is 218 g/mol. The van der Waals surface area contributed by atoms with E-state index in [1.807, 2.05) is 0 Å². The molecule has 0 atom stereocenters. The maximum absolute atomic E-state index is 12.8. The van der Waals surface area contributed by atoms with Crippen LogP contribution >= 0.6 is 0 Å². The van der Waals surface area contributed by atoms with E-state index in [4.69, 9.17) is 5.73 Å². The summed E-state index contributed by atoms with van der Waals surface area (Å²) in [5.41, 5.74) is 7.56. The summed E-state index contributed by atoms with van der Waals surface area (Å²) in [5, 5.41) is 8.07. The van der Waals surface area contributed by atoms with Gasteiger partial charge in [0.05, 0.1) is 5.69 Å². The van der Waals surface area contributed by atoms with Crippen molar-refractivity contribution in [2.24, 2.45) is 0 Å². The molecule has 5 heteroatoms. The molecule has 3 rings (SSSR count). The number of halogens is 1. The predicted molar refractivity (Wildman–Crippen MR) is 57.7 cm³/mol. The van der Waals surface area contributed by atoms with Crippen LogP contribution in [0, 0.1) is 5.82 Å². The van der Waals surface area contributed by atoms with E-state index >= 15 is 0 Å². The van der Waals surface area contributed by atoms with Crippen LogP contribution in [-0.4, -0.2) is 15.0 Å². The van der Waals surface area contributed by atoms with Gasteiger partial charge in [0.1, 0.15) is 11.5 Å². The molecule has 16 heavy (non-hydrogen) atoms. The van der Waals surface area contributed by atoms with E-state index in [2.05, 4.69) is 10.3 Å². The first kappa shape index (κ1) is 9.33. The van der Waals surface area contributed by atoms with Crippen LogP contribution in [0.5, 0.6) is 0 Å². The molecule has 2 N–H and O–H groups in total. The van der Waals surface area contributed by atoms with Crippen LogP contribution in [0.2, 0.25) is 0 Å². The van der Waals surface area contributed by atoms with Gasteiger partial charge in [-0.25, -0.2) is 4.39 Å². The first-order valence-corrected chi connectivity index (χ1v) is 5.23. The first-order valence-electron chi connectivity index (χ1n) is 5.23. The van der Waals surface area contributed by atoms with Crippen LogP contribution < -0.4 is 5.73 Å². The Morgan fingerprint density at radius 3 is 2.56 bits per heavy atom. The van der Waals surface area contributed by atoms with Gasteiger partial charge in [-0.1, -0.05) is 5.21 Å². The summed E-state index contributed by atoms with van der Waals surface area (Å²) in [6, 6.07) is 6.04. The normalized spacial score (nSPS) is 15.3. The van der Waals surface area contributed by atoms with Crippen molar-refractivity contribution in [3.05, 3.63) is 35.8 Å². The zero-order valence-electron chi connectivity index (χ0n) is 8.60. The standard InChI is InChI=1S/C11H11FN4/c12-8-3-5-9(6-4-8)16-11(13)10(14-15-16)7-1-2-7/h3-7H,1-2,13H2. The zero-order valence-corrected chi connectivity index (χ0v) is 8.60. The number of anilines is 1. The molecule has 0 aliphatic heterocycles. The number of aromatic nitrogens is 3. The molecule has 1 aromatic heterocycles. The van der Waals surface area contributed by atoms with Crippen molar-refractivity contribution < 1.29 is 4.39 Å². The summed E-state index contributed by atoms with van der Waals surface area (Å²) in [4.78, 5) is 0. The zero-order chi connectivity index (χ0) is 11.1. The molecule has 1 saturated carbocycles. The number of hydrogen-bond acceptors (Lipinski definition) is 3. The minimum Gasteiger partial charge on any atom is -0.382 e. The van der Waals surface area contributed by atoms with Crippen molar-refractivity contribution in [1.29, 1.82) is 0 Å². The second kappa shape index (κ2) is 3.30. The van der Waals surface area contributed by atoms with Crippen molar-refractivity contribution >= 4 is 5.82 Å². The third kappa shape index (κ3) is 1.44. The lowest BCUT2D eigenvalue weighted by Gasteiger charge is -2.02. The van der Waals surface area contributed by atoms with Gasteiger partial charge in [-0.05, 0) is 37.1 Å². The van der Waals surface area contributed by atoms with Crippen molar-refractivity contribution in [2.45, 2.75) is 18.8 Å². The number of rotatable bonds is 2. The highest BCUT2D eigenvalue weighted by Gasteiger charge is 2.29. The van der Waals surface area contributed by atoms with Gasteiger partial charge in [-0.15, -0.1) is 5.10 Å². The highest BCUT2D eigenvalue weighted by atomic mass is 19.1. The van der Waals surface area contributed by atoms with E-state index < -0.39 is 0 Å². The van der Waals surface area contributed by atoms with E-state index in [0.717, 1.165) is 24.2 Å². The van der Waals surface area contributed by atoms with Gasteiger partial charge in [-0.2, -0.15) is 4.68 Å². The predicted octanol–water partition coefficient (Wildman–Crippen LogP) is 1.87. The van der Waals surface area contributed by atoms with E-state index in [0.29, 0.717) is 11.7 Å². The van der Waals surface area contributed by atoms with E-state index in [1.54, 1.807) is 16.8 Å². The molecule has 1 heterocycles. The molecule has 0 bridgehead atoms. The van der Waals surface area contributed by atoms with E-state index in [1.165, 1.54) is 12.1 Å². The second-order valence-corrected chi connectivity index (χ2v) is 4.02. The maximum Gasteiger partial charge on any atom is 0.151 e. The molecular formula is C11H11FN4. The Hall–Kier alpha value is -1.91. The highest BCUT2D eigenvalue weighted by Crippen LogP contribution is 2.41. The van der Waals surface area contributed by atoms with Gasteiger partial charge >= 0.3 is 0 Å². The summed E-state index contributed by atoms with van der Waals surface area (Å²) < 4.78 is 14.3. The molecule has 82 valence electrons. The Bertz CT molecular complexity index is 513. The summed E-state index contributed by atoms with van der Waals surface area (Å²) in [7, 11) is 0. The summed E-state index contributed by atoms with van der Waals surface area (Å²) in [5.74, 6) is 0.758. The molecule has 0 unspecified atom stereocenters. The smallest absolute Gasteiger partial charge is 0.151 e. The Balaban J connectivity index is 2.02. The highest BCUT2D eigenvalue weighted by molar-refractivity contribution is 5.46. The topological polar surface area (TPSA) is 56.7 Å². The molecule has 1 aliphatic carbocycles. The van der Waals surface area contributed by atoms with Crippen molar-refractivity contribution in [2.75, 3.05) is 5.73 Å². The number of hydrogen-bond donors (Lipinski definition) is 1. The molecule has 1 fully saturated rings. The minimum absolute atomic E-state index is 0.273. The molecule has 4 nitrogen and oxygen atoms in total. The molecule has 0 saturated heterocycles. The van der Waals surface area contributed by atoms with Crippen LogP contribution in [0.4, 0.5) is 10.2 Å². The largest absolute Gasteiger partial charge is 0.382 e.